The third-order valence-corrected chi connectivity index (χ3v) is 4.58. The van der Waals surface area contributed by atoms with E-state index in [1.54, 1.807) is 19.1 Å². The molecule has 0 fully saturated rings. The van der Waals surface area contributed by atoms with Crippen LogP contribution in [0.25, 0.3) is 0 Å². The summed E-state index contributed by atoms with van der Waals surface area (Å²) in [7, 11) is -3.66. The van der Waals surface area contributed by atoms with Gasteiger partial charge in [-0.2, -0.15) is 13.2 Å². The van der Waals surface area contributed by atoms with Crippen LogP contribution in [0.5, 0.6) is 0 Å². The molecule has 126 valence electrons. The van der Waals surface area contributed by atoms with Gasteiger partial charge in [0.15, 0.2) is 0 Å². The third kappa shape index (κ3) is 5.40. The molecule has 8 heteroatoms. The molecule has 23 heavy (non-hydrogen) atoms. The van der Waals surface area contributed by atoms with Crippen LogP contribution in [-0.2, 0) is 28.4 Å². The molecule has 0 spiro atoms. The lowest BCUT2D eigenvalue weighted by Crippen LogP contribution is -2.34. The van der Waals surface area contributed by atoms with Crippen molar-refractivity contribution >= 4 is 10.0 Å². The first kappa shape index (κ1) is 17.6. The molecule has 1 aromatic heterocycles. The number of hydrogen-bond donors (Lipinski definition) is 1. The second-order valence-electron chi connectivity index (χ2n) is 5.26. The van der Waals surface area contributed by atoms with Crippen LogP contribution in [-0.4, -0.2) is 14.5 Å². The van der Waals surface area contributed by atoms with Gasteiger partial charge in [-0.05, 0) is 36.8 Å². The number of rotatable bonds is 6. The fourth-order valence-electron chi connectivity index (χ4n) is 2.13. The zero-order chi connectivity index (χ0) is 17.1. The Morgan fingerprint density at radius 1 is 1.17 bits per heavy atom. The van der Waals surface area contributed by atoms with Crippen LogP contribution in [0.2, 0.25) is 0 Å². The maximum absolute atomic E-state index is 12.5. The minimum absolute atomic E-state index is 0.288. The van der Waals surface area contributed by atoms with E-state index >= 15 is 0 Å². The molecule has 0 saturated carbocycles. The van der Waals surface area contributed by atoms with Crippen molar-refractivity contribution in [3.63, 3.8) is 0 Å². The van der Waals surface area contributed by atoms with Crippen molar-refractivity contribution in [1.29, 1.82) is 0 Å². The van der Waals surface area contributed by atoms with E-state index in [1.165, 1.54) is 18.4 Å². The Morgan fingerprint density at radius 2 is 1.83 bits per heavy atom. The molecule has 1 atom stereocenters. The van der Waals surface area contributed by atoms with Crippen LogP contribution < -0.4 is 4.72 Å². The van der Waals surface area contributed by atoms with Crippen molar-refractivity contribution in [3.05, 3.63) is 59.5 Å². The Bertz CT molecular complexity index is 722. The molecule has 0 radical (unpaired) electrons. The van der Waals surface area contributed by atoms with Gasteiger partial charge in [-0.1, -0.05) is 12.1 Å². The van der Waals surface area contributed by atoms with E-state index in [4.69, 9.17) is 4.42 Å². The van der Waals surface area contributed by atoms with E-state index in [9.17, 15) is 21.6 Å². The first-order chi connectivity index (χ1) is 10.7. The molecule has 0 saturated heterocycles. The summed E-state index contributed by atoms with van der Waals surface area (Å²) in [6.07, 6.45) is -2.55. The molecule has 0 bridgehead atoms. The lowest BCUT2D eigenvalue weighted by molar-refractivity contribution is -0.137. The van der Waals surface area contributed by atoms with Gasteiger partial charge in [-0.25, -0.2) is 13.1 Å². The molecule has 1 heterocycles. The average Bonchev–Trinajstić information content (AvgIpc) is 2.89. The molecule has 1 aromatic carbocycles. The van der Waals surface area contributed by atoms with Gasteiger partial charge in [0.05, 0.1) is 17.6 Å². The van der Waals surface area contributed by atoms with Crippen molar-refractivity contribution in [1.82, 2.24) is 4.72 Å². The minimum atomic E-state index is -4.44. The van der Waals surface area contributed by atoms with Crippen LogP contribution in [0.15, 0.2) is 47.1 Å². The quantitative estimate of drug-likeness (QED) is 0.872. The SMILES string of the molecule is CC(Cc1ccco1)NS(=O)(=O)Cc1ccc(C(F)(F)F)cc1. The number of nitrogens with one attached hydrogen (secondary N) is 1. The summed E-state index contributed by atoms with van der Waals surface area (Å²) in [4.78, 5) is 0. The highest BCUT2D eigenvalue weighted by Crippen LogP contribution is 2.29. The topological polar surface area (TPSA) is 59.3 Å². The first-order valence-corrected chi connectivity index (χ1v) is 8.49. The number of furan rings is 1. The minimum Gasteiger partial charge on any atom is -0.469 e. The van der Waals surface area contributed by atoms with E-state index in [0.29, 0.717) is 12.2 Å². The normalized spacial score (nSPS) is 13.9. The van der Waals surface area contributed by atoms with E-state index in [0.717, 1.165) is 12.1 Å². The zero-order valence-electron chi connectivity index (χ0n) is 12.3. The highest BCUT2D eigenvalue weighted by Gasteiger charge is 2.30. The highest BCUT2D eigenvalue weighted by atomic mass is 32.2. The van der Waals surface area contributed by atoms with Gasteiger partial charge < -0.3 is 4.42 Å². The number of sulfonamides is 1. The molecule has 1 N–H and O–H groups in total. The molecule has 0 aliphatic carbocycles. The maximum Gasteiger partial charge on any atom is 0.416 e. The smallest absolute Gasteiger partial charge is 0.416 e. The predicted octanol–water partition coefficient (Wildman–Crippen LogP) is 3.35. The Kier molecular flexibility index (Phi) is 5.16. The summed E-state index contributed by atoms with van der Waals surface area (Å²) >= 11 is 0. The second-order valence-corrected chi connectivity index (χ2v) is 7.01. The summed E-state index contributed by atoms with van der Waals surface area (Å²) in [5.41, 5.74) is -0.520. The average molecular weight is 347 g/mol. The molecule has 0 amide bonds. The van der Waals surface area contributed by atoms with E-state index in [1.807, 2.05) is 0 Å². The Morgan fingerprint density at radius 3 is 2.35 bits per heavy atom. The first-order valence-electron chi connectivity index (χ1n) is 6.84. The van der Waals surface area contributed by atoms with Gasteiger partial charge in [-0.3, -0.25) is 0 Å². The summed E-state index contributed by atoms with van der Waals surface area (Å²) in [5.74, 6) is 0.267. The molecule has 2 aromatic rings. The molecule has 2 rings (SSSR count). The summed E-state index contributed by atoms with van der Waals surface area (Å²) < 4.78 is 69.1. The molecular weight excluding hydrogens is 331 g/mol. The highest BCUT2D eigenvalue weighted by molar-refractivity contribution is 7.88. The largest absolute Gasteiger partial charge is 0.469 e. The van der Waals surface area contributed by atoms with Gasteiger partial charge in [0, 0.05) is 12.5 Å². The molecule has 0 aliphatic rings. The Labute approximate surface area is 132 Å². The number of alkyl halides is 3. The van der Waals surface area contributed by atoms with Crippen LogP contribution >= 0.6 is 0 Å². The number of benzene rings is 1. The maximum atomic E-state index is 12.5. The van der Waals surface area contributed by atoms with Gasteiger partial charge in [-0.15, -0.1) is 0 Å². The summed E-state index contributed by atoms with van der Waals surface area (Å²) in [6.45, 7) is 1.69. The van der Waals surface area contributed by atoms with Crippen molar-refractivity contribution in [2.45, 2.75) is 31.3 Å². The van der Waals surface area contributed by atoms with Crippen molar-refractivity contribution < 1.29 is 26.0 Å². The Hall–Kier alpha value is -1.80. The van der Waals surface area contributed by atoms with E-state index in [-0.39, 0.29) is 17.4 Å². The molecule has 1 unspecified atom stereocenters. The number of halogens is 3. The van der Waals surface area contributed by atoms with Gasteiger partial charge in [0.1, 0.15) is 5.76 Å². The monoisotopic (exact) mass is 347 g/mol. The second kappa shape index (κ2) is 6.76. The molecule has 4 nitrogen and oxygen atoms in total. The van der Waals surface area contributed by atoms with E-state index in [2.05, 4.69) is 4.72 Å². The van der Waals surface area contributed by atoms with Crippen LogP contribution in [0.4, 0.5) is 13.2 Å². The summed E-state index contributed by atoms with van der Waals surface area (Å²) in [5, 5.41) is 0. The van der Waals surface area contributed by atoms with Gasteiger partial charge >= 0.3 is 6.18 Å². The van der Waals surface area contributed by atoms with Crippen LogP contribution in [0, 0.1) is 0 Å². The van der Waals surface area contributed by atoms with E-state index < -0.39 is 21.8 Å². The van der Waals surface area contributed by atoms with Crippen LogP contribution in [0.1, 0.15) is 23.8 Å². The standard InChI is InChI=1S/C15H16F3NO3S/c1-11(9-14-3-2-8-22-14)19-23(20,21)10-12-4-6-13(7-5-12)15(16,17)18/h2-8,11,19H,9-10H2,1H3. The summed E-state index contributed by atoms with van der Waals surface area (Å²) in [6, 6.07) is 7.13. The fourth-order valence-corrected chi connectivity index (χ4v) is 3.54. The van der Waals surface area contributed by atoms with Crippen molar-refractivity contribution in [2.24, 2.45) is 0 Å². The Balaban J connectivity index is 1.97. The predicted molar refractivity (Wildman–Crippen MR) is 79.1 cm³/mol. The molecule has 0 aliphatic heterocycles. The number of hydrogen-bond acceptors (Lipinski definition) is 3. The van der Waals surface area contributed by atoms with Gasteiger partial charge in [0.25, 0.3) is 0 Å². The lowest BCUT2D eigenvalue weighted by Gasteiger charge is -2.13. The van der Waals surface area contributed by atoms with Crippen molar-refractivity contribution in [3.8, 4) is 0 Å². The van der Waals surface area contributed by atoms with Crippen LogP contribution in [0.3, 0.4) is 0 Å². The zero-order valence-corrected chi connectivity index (χ0v) is 13.1. The van der Waals surface area contributed by atoms with Crippen molar-refractivity contribution in [2.75, 3.05) is 0 Å². The lowest BCUT2D eigenvalue weighted by atomic mass is 10.1. The third-order valence-electron chi connectivity index (χ3n) is 3.11. The fraction of sp³-hybridized carbons (Fsp3) is 0.333. The molecular formula is C15H16F3NO3S. The van der Waals surface area contributed by atoms with Gasteiger partial charge in [0.2, 0.25) is 10.0 Å².